The number of rotatable bonds is 4. The van der Waals surface area contributed by atoms with E-state index in [9.17, 15) is 4.79 Å². The highest BCUT2D eigenvalue weighted by molar-refractivity contribution is 7.78. The van der Waals surface area contributed by atoms with E-state index in [4.69, 9.17) is 4.42 Å². The predicted molar refractivity (Wildman–Crippen MR) is 89.9 cm³/mol. The molecule has 0 saturated heterocycles. The van der Waals surface area contributed by atoms with Gasteiger partial charge in [-0.2, -0.15) is 0 Å². The number of hydrogen-bond donors (Lipinski definition) is 2. The summed E-state index contributed by atoms with van der Waals surface area (Å²) < 4.78 is 6.23. The van der Waals surface area contributed by atoms with Crippen LogP contribution >= 0.6 is 12.8 Å². The van der Waals surface area contributed by atoms with Crippen molar-refractivity contribution < 1.29 is 9.21 Å². The number of hydrogen-bond acceptors (Lipinski definition) is 6. The van der Waals surface area contributed by atoms with Gasteiger partial charge in [-0.25, -0.2) is 14.8 Å². The molecule has 3 aromatic heterocycles. The van der Waals surface area contributed by atoms with Crippen LogP contribution in [0.3, 0.4) is 0 Å². The second kappa shape index (κ2) is 6.49. The van der Waals surface area contributed by atoms with E-state index in [0.717, 1.165) is 5.56 Å². The Morgan fingerprint density at radius 1 is 1.39 bits per heavy atom. The van der Waals surface area contributed by atoms with Crippen LogP contribution in [0.15, 0.2) is 54.0 Å². The highest BCUT2D eigenvalue weighted by Crippen LogP contribution is 2.19. The zero-order valence-electron chi connectivity index (χ0n) is 12.0. The van der Waals surface area contributed by atoms with Gasteiger partial charge in [0.15, 0.2) is 5.65 Å². The fraction of sp³-hybridized carbons (Fsp3) is 0.0667. The molecule has 7 nitrogen and oxygen atoms in total. The number of aromatic nitrogens is 3. The average molecular weight is 327 g/mol. The minimum absolute atomic E-state index is 0.312. The Balaban J connectivity index is 1.88. The third-order valence-corrected chi connectivity index (χ3v) is 3.34. The number of fused-ring (bicyclic) bond motifs is 1. The first-order valence-corrected chi connectivity index (χ1v) is 7.12. The Morgan fingerprint density at radius 2 is 2.26 bits per heavy atom. The number of anilines is 1. The smallest absolute Gasteiger partial charge is 0.333 e. The molecule has 0 atom stereocenters. The molecule has 3 aromatic rings. The van der Waals surface area contributed by atoms with E-state index in [1.165, 1.54) is 4.31 Å². The molecule has 0 aliphatic carbocycles. The number of carbonyl (C=O) groups excluding carboxylic acids is 1. The average Bonchev–Trinajstić information content (AvgIpc) is 3.09. The van der Waals surface area contributed by atoms with Crippen molar-refractivity contribution in [1.82, 2.24) is 19.3 Å². The van der Waals surface area contributed by atoms with E-state index in [1.54, 1.807) is 43.0 Å². The van der Waals surface area contributed by atoms with Crippen LogP contribution in [0.4, 0.5) is 10.6 Å². The molecule has 0 bridgehead atoms. The molecule has 3 rings (SSSR count). The summed E-state index contributed by atoms with van der Waals surface area (Å²) in [5.74, 6) is 0.365. The summed E-state index contributed by atoms with van der Waals surface area (Å²) in [6.07, 6.45) is 6.36. The minimum atomic E-state index is -0.404. The monoisotopic (exact) mass is 327 g/mol. The number of thiol groups is 1. The summed E-state index contributed by atoms with van der Waals surface area (Å²) in [7, 11) is 0. The molecular weight excluding hydrogens is 314 g/mol. The van der Waals surface area contributed by atoms with E-state index in [0.29, 0.717) is 29.2 Å². The maximum absolute atomic E-state index is 11.9. The summed E-state index contributed by atoms with van der Waals surface area (Å²) in [6.45, 7) is 3.87. The lowest BCUT2D eigenvalue weighted by Crippen LogP contribution is -2.27. The topological polar surface area (TPSA) is 84.2 Å². The van der Waals surface area contributed by atoms with Gasteiger partial charge in [0.2, 0.25) is 0 Å². The molecule has 0 aliphatic heterocycles. The van der Waals surface area contributed by atoms with Gasteiger partial charge in [0, 0.05) is 5.56 Å². The van der Waals surface area contributed by atoms with Crippen LogP contribution in [0.1, 0.15) is 0 Å². The lowest BCUT2D eigenvalue weighted by molar-refractivity contribution is 0.241. The Bertz CT molecular complexity index is 850. The molecule has 0 aromatic carbocycles. The highest BCUT2D eigenvalue weighted by atomic mass is 32.1. The molecule has 0 unspecified atom stereocenters. The van der Waals surface area contributed by atoms with Crippen LogP contribution in [0.2, 0.25) is 0 Å². The molecular formula is C15H13N5O2S. The number of furan rings is 1. The molecule has 0 fully saturated rings. The van der Waals surface area contributed by atoms with Gasteiger partial charge in [0.1, 0.15) is 11.3 Å². The molecule has 3 heterocycles. The normalized spacial score (nSPS) is 10.5. The summed E-state index contributed by atoms with van der Waals surface area (Å²) in [5, 5.41) is 2.64. The Morgan fingerprint density at radius 3 is 3.00 bits per heavy atom. The summed E-state index contributed by atoms with van der Waals surface area (Å²) in [5.41, 5.74) is 2.51. The van der Waals surface area contributed by atoms with Gasteiger partial charge in [-0.15, -0.1) is 6.58 Å². The van der Waals surface area contributed by atoms with Crippen molar-refractivity contribution in [3.05, 3.63) is 49.6 Å². The van der Waals surface area contributed by atoms with Crippen molar-refractivity contribution in [1.29, 1.82) is 0 Å². The number of nitrogens with one attached hydrogen (secondary N) is 1. The molecule has 116 valence electrons. The Hall–Kier alpha value is -2.87. The first-order valence-electron chi connectivity index (χ1n) is 6.72. The van der Waals surface area contributed by atoms with Gasteiger partial charge in [0.25, 0.3) is 0 Å². The maximum atomic E-state index is 11.9. The number of urea groups is 1. The first-order chi connectivity index (χ1) is 11.2. The largest absolute Gasteiger partial charge is 0.472 e. The second-order valence-corrected chi connectivity index (χ2v) is 5.09. The van der Waals surface area contributed by atoms with Gasteiger partial charge < -0.3 is 4.42 Å². The van der Waals surface area contributed by atoms with Crippen LogP contribution in [0.5, 0.6) is 0 Å². The van der Waals surface area contributed by atoms with Gasteiger partial charge in [0.05, 0.1) is 31.0 Å². The summed E-state index contributed by atoms with van der Waals surface area (Å²) in [4.78, 5) is 24.9. The second-order valence-electron chi connectivity index (χ2n) is 4.61. The van der Waals surface area contributed by atoms with Crippen molar-refractivity contribution >= 4 is 35.8 Å². The van der Waals surface area contributed by atoms with Gasteiger partial charge in [-0.1, -0.05) is 18.9 Å². The molecule has 0 spiro atoms. The molecule has 8 heteroatoms. The predicted octanol–water partition coefficient (Wildman–Crippen LogP) is 3.15. The van der Waals surface area contributed by atoms with Crippen LogP contribution in [-0.4, -0.2) is 31.8 Å². The van der Waals surface area contributed by atoms with Crippen molar-refractivity contribution in [2.24, 2.45) is 0 Å². The van der Waals surface area contributed by atoms with Crippen LogP contribution in [0, 0.1) is 0 Å². The third-order valence-electron chi connectivity index (χ3n) is 3.00. The Labute approximate surface area is 137 Å². The van der Waals surface area contributed by atoms with Crippen LogP contribution in [-0.2, 0) is 0 Å². The molecule has 23 heavy (non-hydrogen) atoms. The van der Waals surface area contributed by atoms with Crippen LogP contribution < -0.4 is 5.32 Å². The molecule has 2 amide bonds. The van der Waals surface area contributed by atoms with E-state index in [1.807, 2.05) is 0 Å². The number of nitrogens with zero attached hydrogens (tertiary/aromatic N) is 4. The summed E-state index contributed by atoms with van der Waals surface area (Å²) in [6, 6.07) is 4.77. The van der Waals surface area contributed by atoms with Gasteiger partial charge in [-0.3, -0.25) is 14.6 Å². The lowest BCUT2D eigenvalue weighted by Gasteiger charge is -2.13. The van der Waals surface area contributed by atoms with Crippen molar-refractivity contribution in [2.75, 3.05) is 11.9 Å². The fourth-order valence-electron chi connectivity index (χ4n) is 1.90. The van der Waals surface area contributed by atoms with E-state index >= 15 is 0 Å². The van der Waals surface area contributed by atoms with Gasteiger partial charge >= 0.3 is 6.03 Å². The zero-order valence-corrected chi connectivity index (χ0v) is 12.9. The number of pyridine rings is 1. The molecule has 0 saturated carbocycles. The maximum Gasteiger partial charge on any atom is 0.333 e. The highest BCUT2D eigenvalue weighted by Gasteiger charge is 2.10. The SMILES string of the molecule is C=CCN(S)C(=O)Nc1ccc2ncc(-c3ccoc3)nc2n1. The number of carbonyl (C=O) groups is 1. The fourth-order valence-corrected chi connectivity index (χ4v) is 2.06. The van der Waals surface area contributed by atoms with E-state index in [-0.39, 0.29) is 0 Å². The van der Waals surface area contributed by atoms with E-state index < -0.39 is 6.03 Å². The van der Waals surface area contributed by atoms with E-state index in [2.05, 4.69) is 39.7 Å². The molecule has 1 N–H and O–H groups in total. The third kappa shape index (κ3) is 3.32. The van der Waals surface area contributed by atoms with Crippen molar-refractivity contribution in [2.45, 2.75) is 0 Å². The standard InChI is InChI=1S/C15H13N5O2S/c1-2-6-20(23)15(21)19-13-4-3-11-14(18-13)17-12(8-16-11)10-5-7-22-9-10/h2-5,7-9,23H,1,6H2,(H,17,18,19,21). The molecule has 0 radical (unpaired) electrons. The zero-order chi connectivity index (χ0) is 16.2. The minimum Gasteiger partial charge on any atom is -0.472 e. The van der Waals surface area contributed by atoms with Gasteiger partial charge in [-0.05, 0) is 18.2 Å². The van der Waals surface area contributed by atoms with Crippen molar-refractivity contribution in [3.63, 3.8) is 0 Å². The summed E-state index contributed by atoms with van der Waals surface area (Å²) >= 11 is 4.05. The Kier molecular flexibility index (Phi) is 4.24. The number of amides is 2. The quantitative estimate of drug-likeness (QED) is 0.568. The lowest BCUT2D eigenvalue weighted by atomic mass is 10.2. The molecule has 0 aliphatic rings. The van der Waals surface area contributed by atoms with Crippen molar-refractivity contribution in [3.8, 4) is 11.3 Å². The van der Waals surface area contributed by atoms with Crippen LogP contribution in [0.25, 0.3) is 22.4 Å². The first kappa shape index (κ1) is 15.0.